The highest BCUT2D eigenvalue weighted by Gasteiger charge is 2.33. The van der Waals surface area contributed by atoms with Gasteiger partial charge in [0.2, 0.25) is 5.91 Å². The summed E-state index contributed by atoms with van der Waals surface area (Å²) >= 11 is 0. The number of ether oxygens (including phenoxy) is 1. The molecule has 2 N–H and O–H groups in total. The average molecular weight is 255 g/mol. The number of carboxylic acids is 1. The van der Waals surface area contributed by atoms with Gasteiger partial charge in [-0.1, -0.05) is 0 Å². The molecule has 0 bridgehead atoms. The van der Waals surface area contributed by atoms with Gasteiger partial charge in [0.05, 0.1) is 12.0 Å². The largest absolute Gasteiger partial charge is 0.481 e. The van der Waals surface area contributed by atoms with Crippen LogP contribution in [0.2, 0.25) is 0 Å². The maximum absolute atomic E-state index is 11.9. The molecule has 1 aliphatic carbocycles. The molecule has 0 aromatic carbocycles. The number of hydrogen-bond acceptors (Lipinski definition) is 3. The van der Waals surface area contributed by atoms with E-state index in [0.717, 1.165) is 25.9 Å². The highest BCUT2D eigenvalue weighted by molar-refractivity contribution is 5.80. The Balaban J connectivity index is 1.70. The van der Waals surface area contributed by atoms with Crippen LogP contribution in [0.5, 0.6) is 0 Å². The molecule has 102 valence electrons. The Labute approximate surface area is 107 Å². The van der Waals surface area contributed by atoms with Gasteiger partial charge < -0.3 is 15.2 Å². The SMILES string of the molecule is O=C(O)C1CCC(C(=O)NCC2CCCCO2)C1. The molecular formula is C13H21NO4. The molecule has 0 spiro atoms. The van der Waals surface area contributed by atoms with Crippen LogP contribution in [0.3, 0.4) is 0 Å². The molecule has 0 aromatic rings. The summed E-state index contributed by atoms with van der Waals surface area (Å²) in [6.45, 7) is 1.35. The Hall–Kier alpha value is -1.10. The van der Waals surface area contributed by atoms with Crippen LogP contribution in [0, 0.1) is 11.8 Å². The quantitative estimate of drug-likeness (QED) is 0.790. The third-order valence-corrected chi connectivity index (χ3v) is 3.93. The van der Waals surface area contributed by atoms with E-state index in [-0.39, 0.29) is 23.8 Å². The van der Waals surface area contributed by atoms with Crippen molar-refractivity contribution in [2.75, 3.05) is 13.2 Å². The molecule has 2 fully saturated rings. The summed E-state index contributed by atoms with van der Waals surface area (Å²) in [4.78, 5) is 22.7. The lowest BCUT2D eigenvalue weighted by Gasteiger charge is -2.23. The molecular weight excluding hydrogens is 234 g/mol. The van der Waals surface area contributed by atoms with Crippen molar-refractivity contribution in [1.82, 2.24) is 5.32 Å². The molecule has 1 heterocycles. The molecule has 18 heavy (non-hydrogen) atoms. The smallest absolute Gasteiger partial charge is 0.306 e. The zero-order valence-corrected chi connectivity index (χ0v) is 10.6. The molecule has 3 unspecified atom stereocenters. The van der Waals surface area contributed by atoms with Gasteiger partial charge in [0, 0.05) is 19.1 Å². The molecule has 3 atom stereocenters. The first kappa shape index (κ1) is 13.3. The van der Waals surface area contributed by atoms with E-state index < -0.39 is 5.97 Å². The molecule has 2 aliphatic rings. The van der Waals surface area contributed by atoms with E-state index >= 15 is 0 Å². The summed E-state index contributed by atoms with van der Waals surface area (Å²) in [5, 5.41) is 11.8. The first-order valence-corrected chi connectivity index (χ1v) is 6.79. The van der Waals surface area contributed by atoms with Crippen molar-refractivity contribution >= 4 is 11.9 Å². The van der Waals surface area contributed by atoms with Gasteiger partial charge in [-0.15, -0.1) is 0 Å². The predicted molar refractivity (Wildman–Crippen MR) is 65.1 cm³/mol. The van der Waals surface area contributed by atoms with Crippen LogP contribution in [0.15, 0.2) is 0 Å². The third kappa shape index (κ3) is 3.45. The molecule has 1 saturated carbocycles. The normalized spacial score (nSPS) is 32.1. The van der Waals surface area contributed by atoms with Gasteiger partial charge in [-0.05, 0) is 38.5 Å². The third-order valence-electron chi connectivity index (χ3n) is 3.93. The highest BCUT2D eigenvalue weighted by atomic mass is 16.5. The predicted octanol–water partition coefficient (Wildman–Crippen LogP) is 1.17. The van der Waals surface area contributed by atoms with Crippen LogP contribution in [0.25, 0.3) is 0 Å². The monoisotopic (exact) mass is 255 g/mol. The van der Waals surface area contributed by atoms with Gasteiger partial charge in [-0.3, -0.25) is 9.59 Å². The second-order valence-corrected chi connectivity index (χ2v) is 5.28. The summed E-state index contributed by atoms with van der Waals surface area (Å²) in [6.07, 6.45) is 5.19. The van der Waals surface area contributed by atoms with Crippen LogP contribution in [-0.2, 0) is 14.3 Å². The maximum Gasteiger partial charge on any atom is 0.306 e. The molecule has 0 aromatic heterocycles. The van der Waals surface area contributed by atoms with Gasteiger partial charge in [0.1, 0.15) is 0 Å². The molecule has 5 heteroatoms. The standard InChI is InChI=1S/C13H21NO4/c15-12(9-4-5-10(7-9)13(16)17)14-8-11-3-1-2-6-18-11/h9-11H,1-8H2,(H,14,15)(H,16,17). The van der Waals surface area contributed by atoms with E-state index in [1.54, 1.807) is 0 Å². The van der Waals surface area contributed by atoms with Gasteiger partial charge in [-0.25, -0.2) is 0 Å². The van der Waals surface area contributed by atoms with Crippen molar-refractivity contribution in [1.29, 1.82) is 0 Å². The minimum Gasteiger partial charge on any atom is -0.481 e. The Morgan fingerprint density at radius 1 is 1.17 bits per heavy atom. The Morgan fingerprint density at radius 2 is 1.94 bits per heavy atom. The molecule has 0 radical (unpaired) electrons. The van der Waals surface area contributed by atoms with Crippen molar-refractivity contribution in [3.05, 3.63) is 0 Å². The van der Waals surface area contributed by atoms with E-state index in [0.29, 0.717) is 25.8 Å². The minimum absolute atomic E-state index is 0.00655. The van der Waals surface area contributed by atoms with Crippen molar-refractivity contribution < 1.29 is 19.4 Å². The molecule has 2 rings (SSSR count). The average Bonchev–Trinajstić information content (AvgIpc) is 2.87. The zero-order chi connectivity index (χ0) is 13.0. The number of aliphatic carboxylic acids is 1. The van der Waals surface area contributed by atoms with Crippen molar-refractivity contribution in [3.63, 3.8) is 0 Å². The second kappa shape index (κ2) is 6.18. The Bertz CT molecular complexity index is 312. The summed E-state index contributed by atoms with van der Waals surface area (Å²) in [7, 11) is 0. The number of carboxylic acid groups (broad SMARTS) is 1. The first-order chi connectivity index (χ1) is 8.66. The summed E-state index contributed by atoms with van der Waals surface area (Å²) < 4.78 is 5.54. The lowest BCUT2D eigenvalue weighted by Crippen LogP contribution is -2.38. The van der Waals surface area contributed by atoms with E-state index in [9.17, 15) is 9.59 Å². The summed E-state index contributed by atoms with van der Waals surface area (Å²) in [5.74, 6) is -1.25. The lowest BCUT2D eigenvalue weighted by atomic mass is 10.0. The number of amides is 1. The Kier molecular flexibility index (Phi) is 4.58. The molecule has 1 saturated heterocycles. The Morgan fingerprint density at radius 3 is 2.56 bits per heavy atom. The van der Waals surface area contributed by atoms with E-state index in [1.165, 1.54) is 0 Å². The maximum atomic E-state index is 11.9. The fourth-order valence-electron chi connectivity index (χ4n) is 2.77. The van der Waals surface area contributed by atoms with Crippen LogP contribution < -0.4 is 5.32 Å². The van der Waals surface area contributed by atoms with Crippen LogP contribution in [-0.4, -0.2) is 36.2 Å². The number of carbonyl (C=O) groups excluding carboxylic acids is 1. The van der Waals surface area contributed by atoms with Crippen molar-refractivity contribution in [2.45, 2.75) is 44.6 Å². The lowest BCUT2D eigenvalue weighted by molar-refractivity contribution is -0.141. The van der Waals surface area contributed by atoms with Crippen molar-refractivity contribution in [2.24, 2.45) is 11.8 Å². The van der Waals surface area contributed by atoms with Crippen molar-refractivity contribution in [3.8, 4) is 0 Å². The number of carbonyl (C=O) groups is 2. The summed E-state index contributed by atoms with van der Waals surface area (Å²) in [5.41, 5.74) is 0. The van der Waals surface area contributed by atoms with E-state index in [4.69, 9.17) is 9.84 Å². The van der Waals surface area contributed by atoms with Gasteiger partial charge in [0.15, 0.2) is 0 Å². The fourth-order valence-corrected chi connectivity index (χ4v) is 2.77. The van der Waals surface area contributed by atoms with Crippen LogP contribution >= 0.6 is 0 Å². The van der Waals surface area contributed by atoms with E-state index in [1.807, 2.05) is 0 Å². The molecule has 1 aliphatic heterocycles. The van der Waals surface area contributed by atoms with E-state index in [2.05, 4.69) is 5.32 Å². The second-order valence-electron chi connectivity index (χ2n) is 5.28. The first-order valence-electron chi connectivity index (χ1n) is 6.79. The van der Waals surface area contributed by atoms with Gasteiger partial charge >= 0.3 is 5.97 Å². The minimum atomic E-state index is -0.777. The number of hydrogen-bond donors (Lipinski definition) is 2. The zero-order valence-electron chi connectivity index (χ0n) is 10.6. The fraction of sp³-hybridized carbons (Fsp3) is 0.846. The van der Waals surface area contributed by atoms with Gasteiger partial charge in [-0.2, -0.15) is 0 Å². The number of rotatable bonds is 4. The molecule has 5 nitrogen and oxygen atoms in total. The highest BCUT2D eigenvalue weighted by Crippen LogP contribution is 2.31. The number of nitrogens with one attached hydrogen (secondary N) is 1. The molecule has 1 amide bonds. The van der Waals surface area contributed by atoms with Gasteiger partial charge in [0.25, 0.3) is 0 Å². The van der Waals surface area contributed by atoms with Crippen LogP contribution in [0.4, 0.5) is 0 Å². The van der Waals surface area contributed by atoms with Crippen LogP contribution in [0.1, 0.15) is 38.5 Å². The summed E-state index contributed by atoms with van der Waals surface area (Å²) in [6, 6.07) is 0. The topological polar surface area (TPSA) is 75.6 Å².